The molecule has 0 bridgehead atoms. The van der Waals surface area contributed by atoms with Gasteiger partial charge < -0.3 is 5.32 Å². The fourth-order valence-corrected chi connectivity index (χ4v) is 4.19. The fourth-order valence-electron chi connectivity index (χ4n) is 3.38. The Labute approximate surface area is 168 Å². The Bertz CT molecular complexity index is 1090. The smallest absolute Gasteiger partial charge is 0.266 e. The Morgan fingerprint density at radius 1 is 1.21 bits per heavy atom. The van der Waals surface area contributed by atoms with Gasteiger partial charge in [0.1, 0.15) is 0 Å². The van der Waals surface area contributed by atoms with E-state index in [-0.39, 0.29) is 23.3 Å². The lowest BCUT2D eigenvalue weighted by atomic mass is 10.2. The number of para-hydroxylation sites is 2. The number of rotatable bonds is 6. The zero-order chi connectivity index (χ0) is 19.7. The number of benzene rings is 2. The van der Waals surface area contributed by atoms with Gasteiger partial charge in [-0.2, -0.15) is 0 Å². The van der Waals surface area contributed by atoms with Crippen LogP contribution < -0.4 is 10.9 Å². The van der Waals surface area contributed by atoms with Crippen molar-refractivity contribution in [3.05, 3.63) is 64.4 Å². The van der Waals surface area contributed by atoms with Crippen molar-refractivity contribution in [1.29, 1.82) is 0 Å². The third-order valence-electron chi connectivity index (χ3n) is 5.15. The number of nitrogens with one attached hydrogen (secondary N) is 1. The van der Waals surface area contributed by atoms with Crippen LogP contribution in [0.15, 0.2) is 58.5 Å². The summed E-state index contributed by atoms with van der Waals surface area (Å²) in [7, 11) is 0. The molecule has 4 rings (SSSR count). The van der Waals surface area contributed by atoms with Gasteiger partial charge in [0.2, 0.25) is 5.91 Å². The van der Waals surface area contributed by atoms with Crippen LogP contribution in [0.1, 0.15) is 25.3 Å². The van der Waals surface area contributed by atoms with E-state index in [9.17, 15) is 9.59 Å². The van der Waals surface area contributed by atoms with Crippen molar-refractivity contribution in [1.82, 2.24) is 14.9 Å². The second-order valence-electron chi connectivity index (χ2n) is 7.32. The number of aryl methyl sites for hydroxylation is 1. The molecule has 5 nitrogen and oxygen atoms in total. The summed E-state index contributed by atoms with van der Waals surface area (Å²) in [5.74, 6) is 0.814. The molecule has 1 aliphatic rings. The van der Waals surface area contributed by atoms with Crippen molar-refractivity contribution >= 4 is 28.6 Å². The molecule has 1 atom stereocenters. The van der Waals surface area contributed by atoms with Gasteiger partial charge in [0.25, 0.3) is 5.56 Å². The highest BCUT2D eigenvalue weighted by Gasteiger charge is 2.29. The third kappa shape index (κ3) is 3.83. The van der Waals surface area contributed by atoms with E-state index < -0.39 is 0 Å². The van der Waals surface area contributed by atoms with Gasteiger partial charge in [0.05, 0.1) is 22.3 Å². The quantitative estimate of drug-likeness (QED) is 0.512. The van der Waals surface area contributed by atoms with Crippen molar-refractivity contribution in [2.24, 2.45) is 5.92 Å². The molecule has 1 fully saturated rings. The Morgan fingerprint density at radius 2 is 1.93 bits per heavy atom. The maximum atomic E-state index is 13.2. The number of fused-ring (bicyclic) bond motifs is 1. The van der Waals surface area contributed by atoms with Crippen molar-refractivity contribution in [3.8, 4) is 5.69 Å². The first kappa shape index (κ1) is 18.7. The number of carbonyl (C=O) groups is 1. The Hall–Kier alpha value is -2.60. The van der Waals surface area contributed by atoms with Gasteiger partial charge in [-0.3, -0.25) is 14.2 Å². The van der Waals surface area contributed by atoms with E-state index >= 15 is 0 Å². The van der Waals surface area contributed by atoms with Crippen LogP contribution >= 0.6 is 11.8 Å². The number of thioether (sulfide) groups is 1. The van der Waals surface area contributed by atoms with Gasteiger partial charge in [-0.15, -0.1) is 0 Å². The molecule has 0 saturated heterocycles. The predicted molar refractivity (Wildman–Crippen MR) is 113 cm³/mol. The summed E-state index contributed by atoms with van der Waals surface area (Å²) in [4.78, 5) is 30.3. The lowest BCUT2D eigenvalue weighted by Gasteiger charge is -2.16. The van der Waals surface area contributed by atoms with E-state index in [0.717, 1.165) is 11.3 Å². The van der Waals surface area contributed by atoms with Crippen LogP contribution in [0.25, 0.3) is 16.6 Å². The van der Waals surface area contributed by atoms with Crippen LogP contribution in [0.5, 0.6) is 0 Å². The molecule has 0 unspecified atom stereocenters. The van der Waals surface area contributed by atoms with Crippen LogP contribution in [0.3, 0.4) is 0 Å². The number of hydrogen-bond acceptors (Lipinski definition) is 4. The van der Waals surface area contributed by atoms with Crippen LogP contribution in [-0.2, 0) is 4.79 Å². The highest BCUT2D eigenvalue weighted by molar-refractivity contribution is 7.99. The largest absolute Gasteiger partial charge is 0.353 e. The summed E-state index contributed by atoms with van der Waals surface area (Å²) >= 11 is 1.30. The predicted octanol–water partition coefficient (Wildman–Crippen LogP) is 3.70. The molecule has 0 spiro atoms. The first-order chi connectivity index (χ1) is 13.5. The van der Waals surface area contributed by atoms with Gasteiger partial charge >= 0.3 is 0 Å². The number of carbonyl (C=O) groups excluding carboxylic acids is 1. The maximum Gasteiger partial charge on any atom is 0.266 e. The molecule has 1 aromatic heterocycles. The molecule has 28 heavy (non-hydrogen) atoms. The van der Waals surface area contributed by atoms with Gasteiger partial charge in [-0.05, 0) is 56.4 Å². The Kier molecular flexibility index (Phi) is 5.22. The second-order valence-corrected chi connectivity index (χ2v) is 8.26. The van der Waals surface area contributed by atoms with Gasteiger partial charge in [-0.25, -0.2) is 4.98 Å². The zero-order valence-corrected chi connectivity index (χ0v) is 16.8. The highest BCUT2D eigenvalue weighted by Crippen LogP contribution is 2.32. The summed E-state index contributed by atoms with van der Waals surface area (Å²) in [6.07, 6.45) is 2.38. The number of amides is 1. The van der Waals surface area contributed by atoms with E-state index in [1.54, 1.807) is 10.6 Å². The van der Waals surface area contributed by atoms with E-state index in [1.165, 1.54) is 24.6 Å². The molecule has 144 valence electrons. The van der Waals surface area contributed by atoms with Crippen molar-refractivity contribution in [3.63, 3.8) is 0 Å². The summed E-state index contributed by atoms with van der Waals surface area (Å²) in [6, 6.07) is 15.3. The molecular weight excluding hydrogens is 370 g/mol. The molecular formula is C22H23N3O2S. The van der Waals surface area contributed by atoms with Crippen LogP contribution in [0.2, 0.25) is 0 Å². The van der Waals surface area contributed by atoms with Crippen molar-refractivity contribution in [2.45, 2.75) is 37.9 Å². The monoisotopic (exact) mass is 393 g/mol. The molecule has 0 radical (unpaired) electrons. The number of nitrogens with zero attached hydrogens (tertiary/aromatic N) is 2. The lowest BCUT2D eigenvalue weighted by Crippen LogP contribution is -2.35. The van der Waals surface area contributed by atoms with Crippen LogP contribution in [0, 0.1) is 12.8 Å². The topological polar surface area (TPSA) is 64.0 Å². The van der Waals surface area contributed by atoms with Crippen molar-refractivity contribution in [2.75, 3.05) is 5.75 Å². The summed E-state index contributed by atoms with van der Waals surface area (Å²) in [6.45, 7) is 4.02. The minimum Gasteiger partial charge on any atom is -0.353 e. The van der Waals surface area contributed by atoms with E-state index in [1.807, 2.05) is 49.4 Å². The zero-order valence-electron chi connectivity index (χ0n) is 16.0. The Balaban J connectivity index is 1.70. The van der Waals surface area contributed by atoms with Crippen LogP contribution in [0.4, 0.5) is 0 Å². The second kappa shape index (κ2) is 7.80. The molecule has 1 saturated carbocycles. The molecule has 3 aromatic rings. The summed E-state index contributed by atoms with van der Waals surface area (Å²) < 4.78 is 1.62. The average Bonchev–Trinajstić information content (AvgIpc) is 3.53. The van der Waals surface area contributed by atoms with Crippen molar-refractivity contribution < 1.29 is 4.79 Å². The molecule has 1 amide bonds. The highest BCUT2D eigenvalue weighted by atomic mass is 32.2. The minimum atomic E-state index is -0.117. The lowest BCUT2D eigenvalue weighted by molar-refractivity contribution is -0.119. The molecule has 6 heteroatoms. The van der Waals surface area contributed by atoms with Crippen LogP contribution in [-0.4, -0.2) is 27.3 Å². The van der Waals surface area contributed by atoms with E-state index in [4.69, 9.17) is 4.98 Å². The normalized spacial score (nSPS) is 14.8. The standard InChI is InChI=1S/C22H23N3O2S/c1-14-7-3-6-10-19(14)25-21(27)17-8-4-5-9-18(17)24-22(25)28-13-20(26)23-15(2)16-11-12-16/h3-10,15-16H,11-13H2,1-2H3,(H,23,26)/t15-/m1/s1. The van der Waals surface area contributed by atoms with E-state index in [2.05, 4.69) is 12.2 Å². The summed E-state index contributed by atoms with van der Waals surface area (Å²) in [5, 5.41) is 4.17. The third-order valence-corrected chi connectivity index (χ3v) is 6.09. The minimum absolute atomic E-state index is 0.0249. The maximum absolute atomic E-state index is 13.2. The first-order valence-electron chi connectivity index (χ1n) is 9.54. The van der Waals surface area contributed by atoms with Gasteiger partial charge in [-0.1, -0.05) is 42.1 Å². The first-order valence-corrected chi connectivity index (χ1v) is 10.5. The molecule has 0 aliphatic heterocycles. The summed E-state index contributed by atoms with van der Waals surface area (Å²) in [5.41, 5.74) is 2.30. The molecule has 1 N–H and O–H groups in total. The van der Waals surface area contributed by atoms with Gasteiger partial charge in [0.15, 0.2) is 5.16 Å². The molecule has 1 aliphatic carbocycles. The van der Waals surface area contributed by atoms with E-state index in [0.29, 0.717) is 22.0 Å². The molecule has 2 aromatic carbocycles. The SMILES string of the molecule is Cc1ccccc1-n1c(SCC(=O)N[C@H](C)C2CC2)nc2ccccc2c1=O. The molecule has 1 heterocycles. The number of aromatic nitrogens is 2. The average molecular weight is 394 g/mol. The fraction of sp³-hybridized carbons (Fsp3) is 0.318. The number of hydrogen-bond donors (Lipinski definition) is 1. The Morgan fingerprint density at radius 3 is 2.68 bits per heavy atom. The van der Waals surface area contributed by atoms with Gasteiger partial charge in [0, 0.05) is 6.04 Å².